The lowest BCUT2D eigenvalue weighted by Crippen LogP contribution is -2.50. The molecule has 0 bridgehead atoms. The molecule has 2 rings (SSSR count). The van der Waals surface area contributed by atoms with Crippen molar-refractivity contribution in [2.24, 2.45) is 5.73 Å². The van der Waals surface area contributed by atoms with Crippen LogP contribution < -0.4 is 11.1 Å². The fourth-order valence-electron chi connectivity index (χ4n) is 2.53. The van der Waals surface area contributed by atoms with Crippen LogP contribution in [-0.4, -0.2) is 55.7 Å². The molecule has 0 radical (unpaired) electrons. The SMILES string of the molecule is CC(CN1CCOCC1)NC(=O)C(N)Cc1ccccc1. The summed E-state index contributed by atoms with van der Waals surface area (Å²) >= 11 is 0. The van der Waals surface area contributed by atoms with E-state index in [1.54, 1.807) is 0 Å². The molecule has 1 aromatic carbocycles. The summed E-state index contributed by atoms with van der Waals surface area (Å²) < 4.78 is 5.32. The van der Waals surface area contributed by atoms with Gasteiger partial charge in [-0.1, -0.05) is 30.3 Å². The lowest BCUT2D eigenvalue weighted by atomic mass is 10.1. The molecule has 1 aliphatic rings. The number of benzene rings is 1. The second kappa shape index (κ2) is 8.12. The normalized spacial score (nSPS) is 19.0. The van der Waals surface area contributed by atoms with E-state index in [-0.39, 0.29) is 11.9 Å². The Bertz CT molecular complexity index is 432. The van der Waals surface area contributed by atoms with Gasteiger partial charge in [-0.25, -0.2) is 0 Å². The number of morpholine rings is 1. The quantitative estimate of drug-likeness (QED) is 0.796. The molecule has 1 aromatic rings. The number of carbonyl (C=O) groups excluding carboxylic acids is 1. The van der Waals surface area contributed by atoms with Crippen molar-refractivity contribution < 1.29 is 9.53 Å². The second-order valence-electron chi connectivity index (χ2n) is 5.62. The van der Waals surface area contributed by atoms with Crippen molar-refractivity contribution >= 4 is 5.91 Å². The summed E-state index contributed by atoms with van der Waals surface area (Å²) in [4.78, 5) is 14.4. The van der Waals surface area contributed by atoms with Gasteiger partial charge < -0.3 is 15.8 Å². The number of rotatable bonds is 6. The molecule has 2 atom stereocenters. The van der Waals surface area contributed by atoms with Crippen molar-refractivity contribution in [3.05, 3.63) is 35.9 Å². The maximum Gasteiger partial charge on any atom is 0.237 e. The van der Waals surface area contributed by atoms with Gasteiger partial charge >= 0.3 is 0 Å². The van der Waals surface area contributed by atoms with E-state index in [1.807, 2.05) is 37.3 Å². The number of nitrogens with zero attached hydrogens (tertiary/aromatic N) is 1. The lowest BCUT2D eigenvalue weighted by Gasteiger charge is -2.29. The van der Waals surface area contributed by atoms with Crippen LogP contribution in [0.15, 0.2) is 30.3 Å². The van der Waals surface area contributed by atoms with Crippen LogP contribution >= 0.6 is 0 Å². The van der Waals surface area contributed by atoms with E-state index >= 15 is 0 Å². The molecule has 1 saturated heterocycles. The van der Waals surface area contributed by atoms with Crippen LogP contribution in [-0.2, 0) is 16.0 Å². The van der Waals surface area contributed by atoms with E-state index in [1.165, 1.54) is 0 Å². The monoisotopic (exact) mass is 291 g/mol. The number of nitrogens with one attached hydrogen (secondary N) is 1. The van der Waals surface area contributed by atoms with Gasteiger partial charge in [0.2, 0.25) is 5.91 Å². The molecule has 5 nitrogen and oxygen atoms in total. The van der Waals surface area contributed by atoms with E-state index in [9.17, 15) is 4.79 Å². The van der Waals surface area contributed by atoms with Crippen LogP contribution in [0.4, 0.5) is 0 Å². The van der Waals surface area contributed by atoms with E-state index in [2.05, 4.69) is 10.2 Å². The Labute approximate surface area is 126 Å². The van der Waals surface area contributed by atoms with Gasteiger partial charge in [-0.15, -0.1) is 0 Å². The first-order chi connectivity index (χ1) is 10.1. The Balaban J connectivity index is 1.74. The molecule has 21 heavy (non-hydrogen) atoms. The summed E-state index contributed by atoms with van der Waals surface area (Å²) in [7, 11) is 0. The van der Waals surface area contributed by atoms with Crippen LogP contribution in [0.25, 0.3) is 0 Å². The zero-order valence-corrected chi connectivity index (χ0v) is 12.6. The van der Waals surface area contributed by atoms with Crippen molar-refractivity contribution in [1.29, 1.82) is 0 Å². The highest BCUT2D eigenvalue weighted by atomic mass is 16.5. The van der Waals surface area contributed by atoms with E-state index in [4.69, 9.17) is 10.5 Å². The number of hydrogen-bond acceptors (Lipinski definition) is 4. The van der Waals surface area contributed by atoms with Crippen molar-refractivity contribution in [3.8, 4) is 0 Å². The first-order valence-electron chi connectivity index (χ1n) is 7.55. The average molecular weight is 291 g/mol. The lowest BCUT2D eigenvalue weighted by molar-refractivity contribution is -0.123. The zero-order chi connectivity index (χ0) is 15.1. The Morgan fingerprint density at radius 2 is 2.00 bits per heavy atom. The fourth-order valence-corrected chi connectivity index (χ4v) is 2.53. The molecule has 0 aliphatic carbocycles. The average Bonchev–Trinajstić information content (AvgIpc) is 2.49. The van der Waals surface area contributed by atoms with Crippen LogP contribution in [0, 0.1) is 0 Å². The first kappa shape index (κ1) is 15.9. The van der Waals surface area contributed by atoms with E-state index < -0.39 is 6.04 Å². The largest absolute Gasteiger partial charge is 0.379 e. The molecule has 1 heterocycles. The number of ether oxygens (including phenoxy) is 1. The summed E-state index contributed by atoms with van der Waals surface area (Å²) in [6.45, 7) is 6.25. The molecular weight excluding hydrogens is 266 g/mol. The van der Waals surface area contributed by atoms with Crippen molar-refractivity contribution in [2.75, 3.05) is 32.8 Å². The number of carbonyl (C=O) groups is 1. The summed E-state index contributed by atoms with van der Waals surface area (Å²) in [6.07, 6.45) is 0.566. The highest BCUT2D eigenvalue weighted by Gasteiger charge is 2.18. The molecule has 0 saturated carbocycles. The Morgan fingerprint density at radius 1 is 1.33 bits per heavy atom. The van der Waals surface area contributed by atoms with Gasteiger partial charge in [0.05, 0.1) is 19.3 Å². The van der Waals surface area contributed by atoms with E-state index in [0.29, 0.717) is 6.42 Å². The highest BCUT2D eigenvalue weighted by Crippen LogP contribution is 2.03. The Morgan fingerprint density at radius 3 is 2.67 bits per heavy atom. The molecule has 2 unspecified atom stereocenters. The fraction of sp³-hybridized carbons (Fsp3) is 0.562. The topological polar surface area (TPSA) is 67.6 Å². The number of nitrogens with two attached hydrogens (primary N) is 1. The van der Waals surface area contributed by atoms with Crippen molar-refractivity contribution in [1.82, 2.24) is 10.2 Å². The number of hydrogen-bond donors (Lipinski definition) is 2. The standard InChI is InChI=1S/C16H25N3O2/c1-13(12-19-7-9-21-10-8-19)18-16(20)15(17)11-14-5-3-2-4-6-14/h2-6,13,15H,7-12,17H2,1H3,(H,18,20). The molecule has 1 amide bonds. The minimum Gasteiger partial charge on any atom is -0.379 e. The Kier molecular flexibility index (Phi) is 6.17. The molecule has 116 valence electrons. The molecular formula is C16H25N3O2. The van der Waals surface area contributed by atoms with Gasteiger partial charge in [0.15, 0.2) is 0 Å². The third kappa shape index (κ3) is 5.46. The second-order valence-corrected chi connectivity index (χ2v) is 5.62. The smallest absolute Gasteiger partial charge is 0.237 e. The van der Waals surface area contributed by atoms with Gasteiger partial charge in [-0.2, -0.15) is 0 Å². The van der Waals surface area contributed by atoms with Gasteiger partial charge in [-0.3, -0.25) is 9.69 Å². The third-order valence-corrected chi connectivity index (χ3v) is 3.66. The summed E-state index contributed by atoms with van der Waals surface area (Å²) in [5.41, 5.74) is 7.07. The van der Waals surface area contributed by atoms with E-state index in [0.717, 1.165) is 38.4 Å². The molecule has 1 aliphatic heterocycles. The summed E-state index contributed by atoms with van der Waals surface area (Å²) in [6, 6.07) is 9.45. The number of amides is 1. The predicted octanol–water partition coefficient (Wildman–Crippen LogP) is 0.393. The van der Waals surface area contributed by atoms with Gasteiger partial charge in [0, 0.05) is 25.7 Å². The predicted molar refractivity (Wildman–Crippen MR) is 83.0 cm³/mol. The minimum absolute atomic E-state index is 0.0837. The van der Waals surface area contributed by atoms with Crippen LogP contribution in [0.5, 0.6) is 0 Å². The van der Waals surface area contributed by atoms with Crippen LogP contribution in [0.1, 0.15) is 12.5 Å². The third-order valence-electron chi connectivity index (χ3n) is 3.66. The minimum atomic E-state index is -0.500. The maximum absolute atomic E-state index is 12.1. The summed E-state index contributed by atoms with van der Waals surface area (Å²) in [5.74, 6) is -0.0837. The Hall–Kier alpha value is -1.43. The van der Waals surface area contributed by atoms with Crippen LogP contribution in [0.3, 0.4) is 0 Å². The molecule has 1 fully saturated rings. The molecule has 0 spiro atoms. The highest BCUT2D eigenvalue weighted by molar-refractivity contribution is 5.82. The molecule has 5 heteroatoms. The molecule has 0 aromatic heterocycles. The maximum atomic E-state index is 12.1. The molecule has 3 N–H and O–H groups in total. The van der Waals surface area contributed by atoms with Crippen molar-refractivity contribution in [3.63, 3.8) is 0 Å². The first-order valence-corrected chi connectivity index (χ1v) is 7.55. The van der Waals surface area contributed by atoms with Gasteiger partial charge in [0.1, 0.15) is 0 Å². The van der Waals surface area contributed by atoms with Gasteiger partial charge in [-0.05, 0) is 18.9 Å². The zero-order valence-electron chi connectivity index (χ0n) is 12.6. The van der Waals surface area contributed by atoms with Gasteiger partial charge in [0.25, 0.3) is 0 Å². The van der Waals surface area contributed by atoms with Crippen molar-refractivity contribution in [2.45, 2.75) is 25.4 Å². The van der Waals surface area contributed by atoms with Crippen LogP contribution in [0.2, 0.25) is 0 Å². The summed E-state index contributed by atoms with van der Waals surface area (Å²) in [5, 5.41) is 3.00.